The minimum Gasteiger partial charge on any atom is -0.291 e. The molecule has 0 spiro atoms. The summed E-state index contributed by atoms with van der Waals surface area (Å²) in [7, 11) is 0. The average Bonchev–Trinajstić information content (AvgIpc) is 1.86. The monoisotopic (exact) mass is 195 g/mol. The van der Waals surface area contributed by atoms with Gasteiger partial charge in [-0.15, -0.1) is 0 Å². The smallest absolute Gasteiger partial charge is 0.225 e. The third-order valence-electron chi connectivity index (χ3n) is 1.06. The maximum absolute atomic E-state index is 10.4. The molecule has 0 rings (SSSR count). The summed E-state index contributed by atoms with van der Waals surface area (Å²) in [5.74, 6) is -0.820. The fourth-order valence-electron chi connectivity index (χ4n) is 0.527. The second-order valence-corrected chi connectivity index (χ2v) is 2.70. The summed E-state index contributed by atoms with van der Waals surface area (Å²) >= 11 is 10.0. The molecule has 0 bridgehead atoms. The van der Waals surface area contributed by atoms with Crippen molar-refractivity contribution in [2.45, 2.75) is 12.8 Å². The van der Waals surface area contributed by atoms with E-state index in [0.717, 1.165) is 0 Å². The van der Waals surface area contributed by atoms with Crippen LogP contribution in [-0.4, -0.2) is 16.8 Å². The van der Waals surface area contributed by atoms with Gasteiger partial charge in [-0.1, -0.05) is 0 Å². The van der Waals surface area contributed by atoms with Crippen LogP contribution in [0, 0.1) is 5.92 Å². The molecule has 0 aromatic heterocycles. The zero-order valence-electron chi connectivity index (χ0n) is 5.47. The van der Waals surface area contributed by atoms with Gasteiger partial charge >= 0.3 is 0 Å². The fourth-order valence-corrected chi connectivity index (χ4v) is 0.868. The van der Waals surface area contributed by atoms with Gasteiger partial charge in [-0.25, -0.2) is 0 Å². The molecule has 3 nitrogen and oxygen atoms in total. The molecule has 0 amide bonds. The molecule has 11 heavy (non-hydrogen) atoms. The standard InChI is InChI=1S/C6H5Cl2O3/c7-5(10)3-4(1-2-9)6(8)11/h4H,1,3H2. The van der Waals surface area contributed by atoms with Crippen LogP contribution in [0.1, 0.15) is 12.8 Å². The van der Waals surface area contributed by atoms with Gasteiger partial charge in [0.25, 0.3) is 0 Å². The van der Waals surface area contributed by atoms with Crippen molar-refractivity contribution >= 4 is 40.0 Å². The van der Waals surface area contributed by atoms with Gasteiger partial charge in [0.1, 0.15) is 0 Å². The van der Waals surface area contributed by atoms with Gasteiger partial charge in [0, 0.05) is 18.8 Å². The molecule has 0 aliphatic heterocycles. The normalized spacial score (nSPS) is 12.2. The van der Waals surface area contributed by atoms with Crippen LogP contribution < -0.4 is 0 Å². The minimum atomic E-state index is -0.820. The first-order valence-electron chi connectivity index (χ1n) is 2.80. The van der Waals surface area contributed by atoms with Gasteiger partial charge in [-0.3, -0.25) is 14.4 Å². The van der Waals surface area contributed by atoms with Gasteiger partial charge < -0.3 is 0 Å². The highest BCUT2D eigenvalue weighted by Gasteiger charge is 2.18. The molecule has 61 valence electrons. The first kappa shape index (κ1) is 10.6. The molecular formula is C6H5Cl2O3. The topological polar surface area (TPSA) is 51.2 Å². The van der Waals surface area contributed by atoms with Crippen molar-refractivity contribution in [2.24, 2.45) is 5.92 Å². The van der Waals surface area contributed by atoms with Crippen LogP contribution in [-0.2, 0) is 14.4 Å². The van der Waals surface area contributed by atoms with E-state index in [4.69, 9.17) is 23.2 Å². The molecule has 0 heterocycles. The number of carbonyl (C=O) groups excluding carboxylic acids is 3. The van der Waals surface area contributed by atoms with Crippen molar-refractivity contribution in [3.8, 4) is 0 Å². The Morgan fingerprint density at radius 3 is 2.18 bits per heavy atom. The number of hydrogen-bond acceptors (Lipinski definition) is 3. The van der Waals surface area contributed by atoms with Gasteiger partial charge in [-0.2, -0.15) is 0 Å². The van der Waals surface area contributed by atoms with E-state index in [0.29, 0.717) is 0 Å². The summed E-state index contributed by atoms with van der Waals surface area (Å²) in [5, 5.41) is -1.42. The summed E-state index contributed by atoms with van der Waals surface area (Å²) < 4.78 is 0. The maximum atomic E-state index is 10.4. The molecule has 0 aliphatic rings. The van der Waals surface area contributed by atoms with E-state index in [1.807, 2.05) is 0 Å². The number of hydrogen-bond donors (Lipinski definition) is 0. The third-order valence-corrected chi connectivity index (χ3v) is 1.52. The van der Waals surface area contributed by atoms with E-state index in [2.05, 4.69) is 0 Å². The van der Waals surface area contributed by atoms with Crippen LogP contribution >= 0.6 is 23.2 Å². The van der Waals surface area contributed by atoms with E-state index >= 15 is 0 Å². The van der Waals surface area contributed by atoms with Gasteiger partial charge in [0.15, 0.2) is 6.29 Å². The summed E-state index contributed by atoms with van der Waals surface area (Å²) in [6.45, 7) is 0. The Hall–Kier alpha value is -0.410. The molecule has 0 aliphatic carbocycles. The lowest BCUT2D eigenvalue weighted by atomic mass is 10.1. The molecule has 0 saturated carbocycles. The number of halogens is 2. The van der Waals surface area contributed by atoms with E-state index < -0.39 is 16.4 Å². The SMILES string of the molecule is O=[C]CC(CC(=O)Cl)C(=O)Cl. The van der Waals surface area contributed by atoms with Crippen molar-refractivity contribution in [3.05, 3.63) is 0 Å². The van der Waals surface area contributed by atoms with Crippen molar-refractivity contribution in [3.63, 3.8) is 0 Å². The highest BCUT2D eigenvalue weighted by Crippen LogP contribution is 2.12. The summed E-state index contributed by atoms with van der Waals surface area (Å²) in [4.78, 5) is 30.5. The van der Waals surface area contributed by atoms with Crippen molar-refractivity contribution < 1.29 is 14.4 Å². The highest BCUT2D eigenvalue weighted by molar-refractivity contribution is 6.66. The lowest BCUT2D eigenvalue weighted by molar-refractivity contribution is -0.119. The van der Waals surface area contributed by atoms with E-state index in [1.54, 1.807) is 0 Å². The molecule has 5 heteroatoms. The van der Waals surface area contributed by atoms with Crippen LogP contribution in [0.25, 0.3) is 0 Å². The molecule has 0 N–H and O–H groups in total. The van der Waals surface area contributed by atoms with Gasteiger partial charge in [-0.05, 0) is 23.2 Å². The van der Waals surface area contributed by atoms with Crippen LogP contribution in [0.2, 0.25) is 0 Å². The largest absolute Gasteiger partial charge is 0.291 e. The van der Waals surface area contributed by atoms with Crippen LogP contribution in [0.3, 0.4) is 0 Å². The fraction of sp³-hybridized carbons (Fsp3) is 0.500. The second kappa shape index (κ2) is 5.27. The Morgan fingerprint density at radius 2 is 1.91 bits per heavy atom. The number of carbonyl (C=O) groups is 2. The zero-order chi connectivity index (χ0) is 8.85. The van der Waals surface area contributed by atoms with Crippen molar-refractivity contribution in [1.82, 2.24) is 0 Å². The van der Waals surface area contributed by atoms with E-state index in [-0.39, 0.29) is 12.8 Å². The molecule has 0 saturated heterocycles. The molecule has 0 aromatic rings. The maximum Gasteiger partial charge on any atom is 0.225 e. The summed E-state index contributed by atoms with van der Waals surface area (Å²) in [5.41, 5.74) is 0. The predicted molar refractivity (Wildman–Crippen MR) is 40.1 cm³/mol. The molecule has 0 fully saturated rings. The first-order valence-corrected chi connectivity index (χ1v) is 3.56. The Balaban J connectivity index is 3.99. The zero-order valence-corrected chi connectivity index (χ0v) is 6.98. The quantitative estimate of drug-likeness (QED) is 0.616. The first-order chi connectivity index (χ1) is 5.07. The Labute approximate surface area is 73.7 Å². The predicted octanol–water partition coefficient (Wildman–Crippen LogP) is 1.02. The number of rotatable bonds is 5. The lowest BCUT2D eigenvalue weighted by Crippen LogP contribution is -2.12. The average molecular weight is 196 g/mol. The Kier molecular flexibility index (Phi) is 5.07. The highest BCUT2D eigenvalue weighted by atomic mass is 35.5. The molecule has 1 radical (unpaired) electrons. The molecule has 1 unspecified atom stereocenters. The molecule has 1 atom stereocenters. The van der Waals surface area contributed by atoms with E-state index in [9.17, 15) is 14.4 Å². The van der Waals surface area contributed by atoms with Gasteiger partial charge in [0.2, 0.25) is 10.5 Å². The Bertz CT molecular complexity index is 179. The Morgan fingerprint density at radius 1 is 1.36 bits per heavy atom. The van der Waals surface area contributed by atoms with Gasteiger partial charge in [0.05, 0.1) is 0 Å². The third kappa shape index (κ3) is 4.93. The van der Waals surface area contributed by atoms with Crippen molar-refractivity contribution in [1.29, 1.82) is 0 Å². The summed E-state index contributed by atoms with van der Waals surface area (Å²) in [6, 6.07) is 0. The van der Waals surface area contributed by atoms with Crippen LogP contribution in [0.4, 0.5) is 0 Å². The van der Waals surface area contributed by atoms with Crippen LogP contribution in [0.5, 0.6) is 0 Å². The molecule has 0 aromatic carbocycles. The van der Waals surface area contributed by atoms with Crippen LogP contribution in [0.15, 0.2) is 0 Å². The summed E-state index contributed by atoms with van der Waals surface area (Å²) in [6.07, 6.45) is 1.10. The lowest BCUT2D eigenvalue weighted by Gasteiger charge is -2.02. The van der Waals surface area contributed by atoms with E-state index in [1.165, 1.54) is 6.29 Å². The molecular weight excluding hydrogens is 191 g/mol. The minimum absolute atomic E-state index is 0.180. The second-order valence-electron chi connectivity index (χ2n) is 1.91. The van der Waals surface area contributed by atoms with Crippen molar-refractivity contribution in [2.75, 3.05) is 0 Å².